The van der Waals surface area contributed by atoms with Crippen molar-refractivity contribution < 1.29 is 47.5 Å². The number of hydrogen-bond acceptors (Lipinski definition) is 14. The summed E-state index contributed by atoms with van der Waals surface area (Å²) in [5.74, 6) is 1.93. The number of nitrogens with two attached hydrogens (primary N) is 2. The summed E-state index contributed by atoms with van der Waals surface area (Å²) in [5, 5.41) is 20.7. The Labute approximate surface area is 413 Å². The summed E-state index contributed by atoms with van der Waals surface area (Å²) >= 11 is 15.1. The molecular weight excluding hydrogens is 988 g/mol. The van der Waals surface area contributed by atoms with Crippen molar-refractivity contribution in [3.05, 3.63) is 110 Å². The van der Waals surface area contributed by atoms with Gasteiger partial charge in [0.1, 0.15) is 35.3 Å². The van der Waals surface area contributed by atoms with E-state index in [9.17, 15) is 8.78 Å². The van der Waals surface area contributed by atoms with Crippen LogP contribution in [0.3, 0.4) is 0 Å². The van der Waals surface area contributed by atoms with Crippen LogP contribution in [0, 0.1) is 23.5 Å². The van der Waals surface area contributed by atoms with E-state index in [0.717, 1.165) is 71.3 Å². The number of guanidine groups is 2. The Balaban J connectivity index is 0.000000154. The lowest BCUT2D eigenvalue weighted by molar-refractivity contribution is -0.199. The highest BCUT2D eigenvalue weighted by Crippen LogP contribution is 2.51. The third-order valence-corrected chi connectivity index (χ3v) is 13.9. The molecule has 6 aliphatic heterocycles. The highest BCUT2D eigenvalue weighted by molar-refractivity contribution is 9.10. The molecule has 6 heterocycles. The Morgan fingerprint density at radius 1 is 0.662 bits per heavy atom. The zero-order chi connectivity index (χ0) is 48.9. The average Bonchev–Trinajstić information content (AvgIpc) is 3.70. The normalized spacial score (nSPS) is 27.6. The highest BCUT2D eigenvalue weighted by atomic mass is 79.9. The van der Waals surface area contributed by atoms with Gasteiger partial charge in [-0.2, -0.15) is 0 Å². The molecule has 6 aliphatic rings. The van der Waals surface area contributed by atoms with Crippen LogP contribution in [0.15, 0.2) is 87.3 Å². The van der Waals surface area contributed by atoms with Crippen molar-refractivity contribution in [1.82, 2.24) is 10.1 Å². The lowest BCUT2D eigenvalue weighted by Gasteiger charge is -2.44. The average molecular weight is 1040 g/mol. The molecule has 0 amide bonds. The van der Waals surface area contributed by atoms with E-state index in [4.69, 9.17) is 83.3 Å². The number of fused-ring (bicyclic) bond motifs is 4. The Kier molecular flexibility index (Phi) is 14.4. The van der Waals surface area contributed by atoms with Crippen molar-refractivity contribution in [2.75, 3.05) is 27.3 Å². The van der Waals surface area contributed by atoms with E-state index in [0.29, 0.717) is 59.5 Å². The molecule has 0 bridgehead atoms. The van der Waals surface area contributed by atoms with E-state index in [2.05, 4.69) is 43.6 Å². The number of rotatable bonds is 4. The van der Waals surface area contributed by atoms with Gasteiger partial charge < -0.3 is 40.5 Å². The van der Waals surface area contributed by atoms with Gasteiger partial charge in [0.05, 0.1) is 22.3 Å². The summed E-state index contributed by atoms with van der Waals surface area (Å²) in [6, 6.07) is 19.6. The molecule has 4 aromatic carbocycles. The maximum absolute atomic E-state index is 14.0. The monoisotopic (exact) mass is 1040 g/mol. The zero-order valence-electron chi connectivity index (χ0n) is 38.6. The summed E-state index contributed by atoms with van der Waals surface area (Å²) in [5.41, 5.74) is 13.2. The van der Waals surface area contributed by atoms with Gasteiger partial charge in [0.2, 0.25) is 23.4 Å². The van der Waals surface area contributed by atoms with Crippen molar-refractivity contribution in [3.63, 3.8) is 0 Å². The number of benzene rings is 4. The molecule has 2 fully saturated rings. The Morgan fingerprint density at radius 2 is 1.15 bits per heavy atom. The molecule has 0 aromatic heterocycles. The van der Waals surface area contributed by atoms with Crippen LogP contribution in [0.4, 0.5) is 8.78 Å². The molecule has 6 atom stereocenters. The van der Waals surface area contributed by atoms with Crippen LogP contribution < -0.4 is 26.4 Å². The van der Waals surface area contributed by atoms with Crippen LogP contribution in [0.25, 0.3) is 11.1 Å². The molecule has 6 N–H and O–H groups in total. The van der Waals surface area contributed by atoms with Gasteiger partial charge in [-0.05, 0) is 137 Å². The first kappa shape index (κ1) is 50.2. The largest absolute Gasteiger partial charge is 0.489 e. The third kappa shape index (κ3) is 11.0. The lowest BCUT2D eigenvalue weighted by Crippen LogP contribution is -2.46. The SMILES string of the molecule is CN1OC2(CC(C3CCOC(C)(C)C3)Oc3ccc(-c4cc(F)cc(Cl)c4)cc32)N=C1N.CN1OC2(CC(C3CCOC(C)(C)C3)Oc3ccc(Br)cc32)N=C1N.OB(O)c1cc(F)cc(Cl)c1. The van der Waals surface area contributed by atoms with Gasteiger partial charge >= 0.3 is 7.12 Å². The minimum atomic E-state index is -1.68. The fourth-order valence-electron chi connectivity index (χ4n) is 9.85. The molecule has 20 heteroatoms. The fourth-order valence-corrected chi connectivity index (χ4v) is 10.7. The molecule has 4 aromatic rings. The molecule has 6 unspecified atom stereocenters. The second-order valence-electron chi connectivity index (χ2n) is 19.2. The summed E-state index contributed by atoms with van der Waals surface area (Å²) in [4.78, 5) is 21.8. The quantitative estimate of drug-likeness (QED) is 0.145. The standard InChI is InChI=1S/C24H27ClFN3O3.C18H24BrN3O3.C6H5BClFO2/c1-23(2)12-15(6-7-30-23)21-13-24(28-22(27)29(3)32-24)19-10-14(4-5-20(19)31-21)16-8-17(25)11-18(26)9-16;1-17(2)9-11(6-7-23-17)15-10-18(21-16(20)22(3)25-18)13-8-12(19)4-5-14(13)24-15;8-5-1-4(7(10)11)2-6(9)3-5/h4-5,8-11,15,21H,6-7,12-13H2,1-3H3,(H2,27,28);4-5,8,11,15H,6-7,9-10H2,1-3H3,(H2,20,21);1-3,10-11H. The van der Waals surface area contributed by atoms with Gasteiger partial charge in [-0.1, -0.05) is 45.2 Å². The molecule has 0 aliphatic carbocycles. The first-order valence-corrected chi connectivity index (χ1v) is 24.0. The van der Waals surface area contributed by atoms with Gasteiger partial charge in [0, 0.05) is 66.5 Å². The first-order valence-electron chi connectivity index (χ1n) is 22.4. The van der Waals surface area contributed by atoms with Crippen molar-refractivity contribution >= 4 is 63.6 Å². The predicted octanol–water partition coefficient (Wildman–Crippen LogP) is 8.16. The van der Waals surface area contributed by atoms with Gasteiger partial charge in [0.15, 0.2) is 0 Å². The van der Waals surface area contributed by atoms with E-state index >= 15 is 0 Å². The summed E-state index contributed by atoms with van der Waals surface area (Å²) in [6.45, 7) is 9.94. The Hall–Kier alpha value is -4.24. The van der Waals surface area contributed by atoms with Crippen LogP contribution in [0.2, 0.25) is 10.0 Å². The molecule has 14 nitrogen and oxygen atoms in total. The van der Waals surface area contributed by atoms with Crippen molar-refractivity contribution in [1.29, 1.82) is 0 Å². The minimum absolute atomic E-state index is 0.0138. The molecule has 2 saturated heterocycles. The Morgan fingerprint density at radius 3 is 1.60 bits per heavy atom. The van der Waals surface area contributed by atoms with Crippen molar-refractivity contribution in [2.45, 2.75) is 101 Å². The topological polar surface area (TPSA) is 179 Å². The van der Waals surface area contributed by atoms with E-state index in [-0.39, 0.29) is 33.9 Å². The smallest absolute Gasteiger partial charge is 0.488 e. The van der Waals surface area contributed by atoms with Gasteiger partial charge in [-0.3, -0.25) is 0 Å². The molecule has 0 saturated carbocycles. The number of hydrogen-bond donors (Lipinski definition) is 4. The van der Waals surface area contributed by atoms with Crippen LogP contribution in [0.1, 0.15) is 77.3 Å². The van der Waals surface area contributed by atoms with Gasteiger partial charge in [-0.25, -0.2) is 38.6 Å². The Bertz CT molecular complexity index is 2560. The molecular formula is C48H56BBrCl2F2N6O8. The fraction of sp³-hybridized carbons (Fsp3) is 0.458. The van der Waals surface area contributed by atoms with E-state index < -0.39 is 30.2 Å². The van der Waals surface area contributed by atoms with Crippen LogP contribution in [0.5, 0.6) is 11.5 Å². The number of nitrogens with zero attached hydrogens (tertiary/aromatic N) is 4. The maximum atomic E-state index is 14.0. The molecule has 10 rings (SSSR count). The molecule has 68 heavy (non-hydrogen) atoms. The van der Waals surface area contributed by atoms with Crippen molar-refractivity contribution in [2.24, 2.45) is 33.3 Å². The highest BCUT2D eigenvalue weighted by Gasteiger charge is 2.53. The predicted molar refractivity (Wildman–Crippen MR) is 260 cm³/mol. The van der Waals surface area contributed by atoms with E-state index in [1.54, 1.807) is 25.2 Å². The van der Waals surface area contributed by atoms with Gasteiger partial charge in [-0.15, -0.1) is 0 Å². The van der Waals surface area contributed by atoms with Crippen LogP contribution >= 0.6 is 39.1 Å². The lowest BCUT2D eigenvalue weighted by atomic mass is 9.79. The summed E-state index contributed by atoms with van der Waals surface area (Å²) in [7, 11) is 1.85. The summed E-state index contributed by atoms with van der Waals surface area (Å²) in [6.07, 6.45) is 4.82. The number of halogens is 5. The second kappa shape index (κ2) is 19.5. The second-order valence-corrected chi connectivity index (χ2v) is 21.0. The zero-order valence-corrected chi connectivity index (χ0v) is 41.7. The van der Waals surface area contributed by atoms with Crippen molar-refractivity contribution in [3.8, 4) is 22.6 Å². The number of aliphatic imine (C=N–C) groups is 2. The number of hydroxylamine groups is 4. The first-order chi connectivity index (χ1) is 32.0. The van der Waals surface area contributed by atoms with Gasteiger partial charge in [0.25, 0.3) is 0 Å². The summed E-state index contributed by atoms with van der Waals surface area (Å²) < 4.78 is 52.1. The minimum Gasteiger partial charge on any atom is -0.489 e. The van der Waals surface area contributed by atoms with Crippen LogP contribution in [-0.4, -0.2) is 89.9 Å². The number of ether oxygens (including phenoxy) is 4. The van der Waals surface area contributed by atoms with E-state index in [1.807, 2.05) is 36.4 Å². The maximum Gasteiger partial charge on any atom is 0.488 e. The van der Waals surface area contributed by atoms with E-state index in [1.165, 1.54) is 23.3 Å². The molecule has 364 valence electrons. The molecule has 0 radical (unpaired) electrons. The van der Waals surface area contributed by atoms with Crippen LogP contribution in [-0.2, 0) is 30.6 Å². The third-order valence-electron chi connectivity index (χ3n) is 13.0. The molecule has 2 spiro atoms.